The minimum absolute atomic E-state index is 0.401. The Labute approximate surface area is 105 Å². The van der Waals surface area contributed by atoms with E-state index in [2.05, 4.69) is 12.6 Å². The van der Waals surface area contributed by atoms with Crippen LogP contribution in [-0.4, -0.2) is 18.0 Å². The molecule has 1 aromatic rings. The van der Waals surface area contributed by atoms with Crippen molar-refractivity contribution in [3.63, 3.8) is 0 Å². The molecule has 5 heteroatoms. The third kappa shape index (κ3) is 3.18. The highest BCUT2D eigenvalue weighted by molar-refractivity contribution is 7.80. The van der Waals surface area contributed by atoms with Crippen molar-refractivity contribution in [3.8, 4) is 5.75 Å². The van der Waals surface area contributed by atoms with E-state index in [1.807, 2.05) is 0 Å². The number of ether oxygens (including phenoxy) is 1. The van der Waals surface area contributed by atoms with Crippen molar-refractivity contribution in [1.82, 2.24) is 0 Å². The first-order valence-corrected chi connectivity index (χ1v) is 5.80. The van der Waals surface area contributed by atoms with Crippen LogP contribution in [0.5, 0.6) is 5.75 Å². The summed E-state index contributed by atoms with van der Waals surface area (Å²) in [5.74, 6) is 1.05. The summed E-state index contributed by atoms with van der Waals surface area (Å²) in [6, 6.07) is 3.24. The van der Waals surface area contributed by atoms with Gasteiger partial charge in [-0.25, -0.2) is 0 Å². The van der Waals surface area contributed by atoms with Crippen LogP contribution in [-0.2, 0) is 0 Å². The molecule has 0 saturated heterocycles. The predicted octanol–water partition coefficient (Wildman–Crippen LogP) is 3.36. The Morgan fingerprint density at radius 2 is 2.13 bits per heavy atom. The minimum Gasteiger partial charge on any atom is -0.495 e. The molecule has 0 aromatic heterocycles. The van der Waals surface area contributed by atoms with Crippen molar-refractivity contribution in [1.29, 1.82) is 0 Å². The number of hydrogen-bond donors (Lipinski definition) is 2. The van der Waals surface area contributed by atoms with E-state index in [0.29, 0.717) is 33.5 Å². The molecule has 2 nitrogen and oxygen atoms in total. The number of aliphatic hydroxyl groups excluding tert-OH is 1. The molecule has 0 bridgehead atoms. The molecule has 1 aromatic carbocycles. The van der Waals surface area contributed by atoms with Gasteiger partial charge in [-0.2, -0.15) is 12.6 Å². The van der Waals surface area contributed by atoms with Gasteiger partial charge >= 0.3 is 0 Å². The van der Waals surface area contributed by atoms with Crippen LogP contribution < -0.4 is 4.74 Å². The summed E-state index contributed by atoms with van der Waals surface area (Å²) in [6.45, 7) is 0. The molecular weight excluding hydrogens is 255 g/mol. The van der Waals surface area contributed by atoms with Gasteiger partial charge in [0.1, 0.15) is 5.75 Å². The molecular formula is C10H12Cl2O2S. The summed E-state index contributed by atoms with van der Waals surface area (Å²) in [4.78, 5) is 0. The van der Waals surface area contributed by atoms with Crippen LogP contribution in [0.1, 0.15) is 18.1 Å². The molecule has 1 unspecified atom stereocenters. The summed E-state index contributed by atoms with van der Waals surface area (Å²) in [5, 5.41) is 10.7. The lowest BCUT2D eigenvalue weighted by molar-refractivity contribution is 0.171. The van der Waals surface area contributed by atoms with E-state index in [-0.39, 0.29) is 0 Å². The first kappa shape index (κ1) is 13.0. The predicted molar refractivity (Wildman–Crippen MR) is 66.4 cm³/mol. The van der Waals surface area contributed by atoms with Crippen LogP contribution >= 0.6 is 35.8 Å². The molecule has 1 N–H and O–H groups in total. The zero-order valence-corrected chi connectivity index (χ0v) is 10.6. The van der Waals surface area contributed by atoms with Crippen LogP contribution in [0.15, 0.2) is 12.1 Å². The zero-order valence-electron chi connectivity index (χ0n) is 8.20. The fourth-order valence-corrected chi connectivity index (χ4v) is 2.15. The van der Waals surface area contributed by atoms with Crippen LogP contribution in [0, 0.1) is 0 Å². The molecule has 0 amide bonds. The van der Waals surface area contributed by atoms with Gasteiger partial charge in [-0.1, -0.05) is 23.2 Å². The Balaban J connectivity index is 3.13. The van der Waals surface area contributed by atoms with Gasteiger partial charge in [-0.05, 0) is 24.3 Å². The van der Waals surface area contributed by atoms with E-state index in [0.717, 1.165) is 0 Å². The van der Waals surface area contributed by atoms with Gasteiger partial charge in [0.05, 0.1) is 18.2 Å². The summed E-state index contributed by atoms with van der Waals surface area (Å²) in [5.41, 5.74) is 0.601. The maximum Gasteiger partial charge on any atom is 0.143 e. The van der Waals surface area contributed by atoms with Crippen LogP contribution in [0.2, 0.25) is 10.0 Å². The number of benzene rings is 1. The van der Waals surface area contributed by atoms with Crippen LogP contribution in [0.25, 0.3) is 0 Å². The smallest absolute Gasteiger partial charge is 0.143 e. The number of hydrogen-bond acceptors (Lipinski definition) is 3. The maximum atomic E-state index is 9.84. The number of thiol groups is 1. The third-order valence-corrected chi connectivity index (χ3v) is 2.76. The second-order valence-corrected chi connectivity index (χ2v) is 4.33. The zero-order chi connectivity index (χ0) is 11.4. The van der Waals surface area contributed by atoms with Gasteiger partial charge in [-0.3, -0.25) is 0 Å². The fourth-order valence-electron chi connectivity index (χ4n) is 1.32. The highest BCUT2D eigenvalue weighted by atomic mass is 35.5. The normalized spacial score (nSPS) is 12.6. The van der Waals surface area contributed by atoms with Crippen LogP contribution in [0.4, 0.5) is 0 Å². The van der Waals surface area contributed by atoms with Crippen molar-refractivity contribution in [2.45, 2.75) is 12.5 Å². The molecule has 0 aliphatic rings. The number of methoxy groups -OCH3 is 1. The largest absolute Gasteiger partial charge is 0.495 e. The van der Waals surface area contributed by atoms with Crippen molar-refractivity contribution in [3.05, 3.63) is 27.7 Å². The molecule has 0 fully saturated rings. The Bertz CT molecular complexity index is 344. The first-order valence-electron chi connectivity index (χ1n) is 4.42. The average Bonchev–Trinajstić information content (AvgIpc) is 2.17. The molecule has 0 saturated carbocycles. The van der Waals surface area contributed by atoms with E-state index in [1.54, 1.807) is 12.1 Å². The van der Waals surface area contributed by atoms with Gasteiger partial charge in [-0.15, -0.1) is 0 Å². The minimum atomic E-state index is -0.659. The van der Waals surface area contributed by atoms with Gasteiger partial charge in [0.15, 0.2) is 0 Å². The maximum absolute atomic E-state index is 9.84. The van der Waals surface area contributed by atoms with E-state index in [9.17, 15) is 5.11 Å². The Hall–Kier alpha value is -0.0900. The molecule has 1 atom stereocenters. The SMILES string of the molecule is COc1c(Cl)cc(Cl)cc1C(O)CCS. The standard InChI is InChI=1S/C10H12Cl2O2S/c1-14-10-7(9(13)2-3-15)4-6(11)5-8(10)12/h4-5,9,13,15H,2-3H2,1H3. The van der Waals surface area contributed by atoms with Crippen molar-refractivity contribution < 1.29 is 9.84 Å². The van der Waals surface area contributed by atoms with Gasteiger partial charge in [0, 0.05) is 10.6 Å². The fraction of sp³-hybridized carbons (Fsp3) is 0.400. The number of halogens is 2. The van der Waals surface area contributed by atoms with E-state index in [1.165, 1.54) is 7.11 Å². The summed E-state index contributed by atoms with van der Waals surface area (Å²) in [7, 11) is 1.51. The number of aliphatic hydroxyl groups is 1. The quantitative estimate of drug-likeness (QED) is 0.819. The Morgan fingerprint density at radius 3 is 2.67 bits per heavy atom. The first-order chi connectivity index (χ1) is 7.10. The molecule has 0 aliphatic heterocycles. The third-order valence-electron chi connectivity index (χ3n) is 2.00. The van der Waals surface area contributed by atoms with Crippen molar-refractivity contribution >= 4 is 35.8 Å². The molecule has 0 aliphatic carbocycles. The molecule has 0 radical (unpaired) electrons. The molecule has 15 heavy (non-hydrogen) atoms. The summed E-state index contributed by atoms with van der Waals surface area (Å²) >= 11 is 15.9. The molecule has 0 heterocycles. The highest BCUT2D eigenvalue weighted by Gasteiger charge is 2.16. The average molecular weight is 267 g/mol. The molecule has 0 spiro atoms. The number of rotatable bonds is 4. The molecule has 1 rings (SSSR count). The van der Waals surface area contributed by atoms with Gasteiger partial charge in [0.2, 0.25) is 0 Å². The van der Waals surface area contributed by atoms with Crippen molar-refractivity contribution in [2.24, 2.45) is 0 Å². The lowest BCUT2D eigenvalue weighted by Crippen LogP contribution is -2.02. The van der Waals surface area contributed by atoms with E-state index < -0.39 is 6.10 Å². The topological polar surface area (TPSA) is 29.5 Å². The lowest BCUT2D eigenvalue weighted by Gasteiger charge is -2.15. The van der Waals surface area contributed by atoms with E-state index >= 15 is 0 Å². The van der Waals surface area contributed by atoms with Gasteiger partial charge in [0.25, 0.3) is 0 Å². The van der Waals surface area contributed by atoms with Crippen LogP contribution in [0.3, 0.4) is 0 Å². The Kier molecular flexibility index (Phi) is 5.06. The van der Waals surface area contributed by atoms with Gasteiger partial charge < -0.3 is 9.84 Å². The monoisotopic (exact) mass is 266 g/mol. The molecule has 84 valence electrons. The lowest BCUT2D eigenvalue weighted by atomic mass is 10.1. The van der Waals surface area contributed by atoms with Crippen molar-refractivity contribution in [2.75, 3.05) is 12.9 Å². The second-order valence-electron chi connectivity index (χ2n) is 3.04. The summed E-state index contributed by atoms with van der Waals surface area (Å²) in [6.07, 6.45) is -0.135. The highest BCUT2D eigenvalue weighted by Crippen LogP contribution is 2.36. The van der Waals surface area contributed by atoms with E-state index in [4.69, 9.17) is 27.9 Å². The summed E-state index contributed by atoms with van der Waals surface area (Å²) < 4.78 is 5.12. The Morgan fingerprint density at radius 1 is 1.47 bits per heavy atom. The second kappa shape index (κ2) is 5.85.